The zero-order valence-corrected chi connectivity index (χ0v) is 18.9. The van der Waals surface area contributed by atoms with E-state index in [0.717, 1.165) is 0 Å². The molecule has 0 atom stereocenters. The van der Waals surface area contributed by atoms with E-state index in [4.69, 9.17) is 14.2 Å². The van der Waals surface area contributed by atoms with Crippen molar-refractivity contribution in [3.63, 3.8) is 0 Å². The van der Waals surface area contributed by atoms with E-state index in [1.54, 1.807) is 13.8 Å². The van der Waals surface area contributed by atoms with Crippen LogP contribution in [-0.4, -0.2) is 42.7 Å². The van der Waals surface area contributed by atoms with Gasteiger partial charge in [0, 0.05) is 18.9 Å². The zero-order chi connectivity index (χ0) is 21.6. The van der Waals surface area contributed by atoms with Gasteiger partial charge in [-0.15, -0.1) is 0 Å². The lowest BCUT2D eigenvalue weighted by molar-refractivity contribution is -0.146. The average Bonchev–Trinajstić information content (AvgIpc) is 3.04. The SMILES string of the molecule is CC(C)(Br)C(=O)OCCOCCCC(=O)OCC1c2ccccc2-c2ccccc21. The first-order chi connectivity index (χ1) is 14.4. The Kier molecular flexibility index (Phi) is 7.67. The number of ether oxygens (including phenoxy) is 3. The van der Waals surface area contributed by atoms with E-state index in [1.165, 1.54) is 22.3 Å². The smallest absolute Gasteiger partial charge is 0.322 e. The number of esters is 2. The first-order valence-electron chi connectivity index (χ1n) is 10.2. The first kappa shape index (κ1) is 22.5. The lowest BCUT2D eigenvalue weighted by atomic mass is 9.98. The molecule has 0 amide bonds. The molecule has 0 N–H and O–H groups in total. The van der Waals surface area contributed by atoms with E-state index in [9.17, 15) is 9.59 Å². The molecule has 0 heterocycles. The van der Waals surface area contributed by atoms with Gasteiger partial charge < -0.3 is 14.2 Å². The summed E-state index contributed by atoms with van der Waals surface area (Å²) >= 11 is 3.24. The summed E-state index contributed by atoms with van der Waals surface area (Å²) in [6.07, 6.45) is 0.860. The van der Waals surface area contributed by atoms with Crippen LogP contribution in [0.15, 0.2) is 48.5 Å². The van der Waals surface area contributed by atoms with Gasteiger partial charge in [-0.2, -0.15) is 0 Å². The molecule has 0 radical (unpaired) electrons. The molecule has 6 heteroatoms. The topological polar surface area (TPSA) is 61.8 Å². The molecule has 0 aliphatic heterocycles. The molecule has 160 valence electrons. The van der Waals surface area contributed by atoms with E-state index in [0.29, 0.717) is 32.7 Å². The number of alkyl halides is 1. The first-order valence-corrected chi connectivity index (χ1v) is 10.9. The van der Waals surface area contributed by atoms with Crippen molar-refractivity contribution >= 4 is 27.9 Å². The van der Waals surface area contributed by atoms with Gasteiger partial charge >= 0.3 is 11.9 Å². The molecule has 5 nitrogen and oxygen atoms in total. The van der Waals surface area contributed by atoms with Crippen molar-refractivity contribution in [2.45, 2.75) is 36.9 Å². The molecule has 0 spiro atoms. The van der Waals surface area contributed by atoms with Crippen LogP contribution < -0.4 is 0 Å². The minimum absolute atomic E-state index is 0.0750. The Labute approximate surface area is 185 Å². The predicted molar refractivity (Wildman–Crippen MR) is 119 cm³/mol. The van der Waals surface area contributed by atoms with E-state index in [1.807, 2.05) is 24.3 Å². The number of rotatable bonds is 10. The highest BCUT2D eigenvalue weighted by molar-refractivity contribution is 9.10. The van der Waals surface area contributed by atoms with Gasteiger partial charge in [0.15, 0.2) is 0 Å². The molecular formula is C24H27BrO5. The summed E-state index contributed by atoms with van der Waals surface area (Å²) in [6, 6.07) is 16.5. The predicted octanol–water partition coefficient (Wildman–Crippen LogP) is 4.86. The van der Waals surface area contributed by atoms with Crippen LogP contribution >= 0.6 is 15.9 Å². The zero-order valence-electron chi connectivity index (χ0n) is 17.4. The van der Waals surface area contributed by atoms with Gasteiger partial charge in [-0.05, 0) is 42.5 Å². The largest absolute Gasteiger partial charge is 0.465 e. The summed E-state index contributed by atoms with van der Waals surface area (Å²) in [5, 5.41) is 0. The van der Waals surface area contributed by atoms with Crippen LogP contribution in [0, 0.1) is 0 Å². The average molecular weight is 475 g/mol. The summed E-state index contributed by atoms with van der Waals surface area (Å²) in [7, 11) is 0. The van der Waals surface area contributed by atoms with Crippen molar-refractivity contribution in [3.05, 3.63) is 59.7 Å². The Balaban J connectivity index is 1.36. The fourth-order valence-electron chi connectivity index (χ4n) is 3.47. The third kappa shape index (κ3) is 5.70. The molecule has 0 saturated heterocycles. The monoisotopic (exact) mass is 474 g/mol. The third-order valence-corrected chi connectivity index (χ3v) is 5.31. The van der Waals surface area contributed by atoms with E-state index >= 15 is 0 Å². The van der Waals surface area contributed by atoms with Crippen molar-refractivity contribution in [1.82, 2.24) is 0 Å². The number of halogens is 1. The second-order valence-corrected chi connectivity index (χ2v) is 9.72. The molecule has 0 unspecified atom stereocenters. The van der Waals surface area contributed by atoms with Gasteiger partial charge in [-0.3, -0.25) is 9.59 Å². The summed E-state index contributed by atoms with van der Waals surface area (Å²) in [6.45, 7) is 4.71. The van der Waals surface area contributed by atoms with Gasteiger partial charge in [0.2, 0.25) is 0 Å². The molecule has 30 heavy (non-hydrogen) atoms. The number of carbonyl (C=O) groups excluding carboxylic acids is 2. The normalized spacial score (nSPS) is 12.9. The summed E-state index contributed by atoms with van der Waals surface area (Å²) in [5.74, 6) is -0.483. The van der Waals surface area contributed by atoms with Crippen LogP contribution in [0.25, 0.3) is 11.1 Å². The van der Waals surface area contributed by atoms with E-state index in [-0.39, 0.29) is 24.5 Å². The highest BCUT2D eigenvalue weighted by Crippen LogP contribution is 2.44. The maximum absolute atomic E-state index is 12.2. The van der Waals surface area contributed by atoms with Crippen molar-refractivity contribution < 1.29 is 23.8 Å². The van der Waals surface area contributed by atoms with Crippen molar-refractivity contribution in [1.29, 1.82) is 0 Å². The van der Waals surface area contributed by atoms with Gasteiger partial charge in [-0.1, -0.05) is 64.5 Å². The number of hydrogen-bond acceptors (Lipinski definition) is 5. The molecule has 3 rings (SSSR count). The van der Waals surface area contributed by atoms with Crippen molar-refractivity contribution in [2.24, 2.45) is 0 Å². The minimum Gasteiger partial charge on any atom is -0.465 e. The maximum Gasteiger partial charge on any atom is 0.322 e. The van der Waals surface area contributed by atoms with Crippen LogP contribution in [-0.2, 0) is 23.8 Å². The summed E-state index contributed by atoms with van der Waals surface area (Å²) < 4.78 is 15.4. The molecule has 0 bridgehead atoms. The molecule has 1 aliphatic carbocycles. The molecule has 1 aliphatic rings. The number of benzene rings is 2. The van der Waals surface area contributed by atoms with E-state index < -0.39 is 4.32 Å². The second-order valence-electron chi connectivity index (χ2n) is 7.73. The number of fused-ring (bicyclic) bond motifs is 3. The third-order valence-electron chi connectivity index (χ3n) is 4.99. The Morgan fingerprint density at radius 2 is 1.50 bits per heavy atom. The fourth-order valence-corrected chi connectivity index (χ4v) is 3.59. The Morgan fingerprint density at radius 3 is 2.10 bits per heavy atom. The highest BCUT2D eigenvalue weighted by Gasteiger charge is 2.29. The summed E-state index contributed by atoms with van der Waals surface area (Å²) in [4.78, 5) is 23.8. The molecule has 0 aromatic heterocycles. The van der Waals surface area contributed by atoms with Crippen LogP contribution in [0.3, 0.4) is 0 Å². The lowest BCUT2D eigenvalue weighted by Gasteiger charge is -2.15. The molecule has 0 saturated carbocycles. The lowest BCUT2D eigenvalue weighted by Crippen LogP contribution is -2.27. The van der Waals surface area contributed by atoms with Gasteiger partial charge in [0.25, 0.3) is 0 Å². The highest BCUT2D eigenvalue weighted by atomic mass is 79.9. The van der Waals surface area contributed by atoms with E-state index in [2.05, 4.69) is 40.2 Å². The fraction of sp³-hybridized carbons (Fsp3) is 0.417. The quantitative estimate of drug-likeness (QED) is 0.279. The maximum atomic E-state index is 12.2. The standard InChI is InChI=1S/C24H27BrO5/c1-24(2,25)23(27)29-15-14-28-13-7-12-22(26)30-16-21-19-10-5-3-8-17(19)18-9-4-6-11-20(18)21/h3-6,8-11,21H,7,12-16H2,1-2H3. The van der Waals surface area contributed by atoms with Gasteiger partial charge in [-0.25, -0.2) is 0 Å². The Bertz CT molecular complexity index is 842. The van der Waals surface area contributed by atoms with Gasteiger partial charge in [0.05, 0.1) is 6.61 Å². The van der Waals surface area contributed by atoms with Gasteiger partial charge in [0.1, 0.15) is 17.5 Å². The molecule has 2 aromatic rings. The molecule has 2 aromatic carbocycles. The van der Waals surface area contributed by atoms with Crippen LogP contribution in [0.1, 0.15) is 43.7 Å². The van der Waals surface area contributed by atoms with Crippen molar-refractivity contribution in [2.75, 3.05) is 26.4 Å². The van der Waals surface area contributed by atoms with Crippen LogP contribution in [0.5, 0.6) is 0 Å². The Morgan fingerprint density at radius 1 is 0.900 bits per heavy atom. The molecule has 0 fully saturated rings. The van der Waals surface area contributed by atoms with Crippen molar-refractivity contribution in [3.8, 4) is 11.1 Å². The summed E-state index contributed by atoms with van der Waals surface area (Å²) in [5.41, 5.74) is 4.84. The molecular weight excluding hydrogens is 448 g/mol. The Hall–Kier alpha value is -2.18. The van der Waals surface area contributed by atoms with Crippen LogP contribution in [0.2, 0.25) is 0 Å². The number of hydrogen-bond donors (Lipinski definition) is 0. The number of carbonyl (C=O) groups is 2. The van der Waals surface area contributed by atoms with Crippen LogP contribution in [0.4, 0.5) is 0 Å². The second kappa shape index (κ2) is 10.2. The minimum atomic E-state index is -0.697.